The number of hydrogen-bond acceptors (Lipinski definition) is 3. The maximum atomic E-state index is 11.4. The van der Waals surface area contributed by atoms with Gasteiger partial charge in [0.2, 0.25) is 0 Å². The van der Waals surface area contributed by atoms with Gasteiger partial charge >= 0.3 is 6.09 Å². The number of rotatable bonds is 10. The van der Waals surface area contributed by atoms with Gasteiger partial charge in [-0.2, -0.15) is 0 Å². The lowest BCUT2D eigenvalue weighted by atomic mass is 10.2. The van der Waals surface area contributed by atoms with Crippen molar-refractivity contribution in [2.75, 3.05) is 26.2 Å². The van der Waals surface area contributed by atoms with Gasteiger partial charge in [0, 0.05) is 19.5 Å². The van der Waals surface area contributed by atoms with E-state index in [4.69, 9.17) is 4.74 Å². The molecule has 1 amide bonds. The third kappa shape index (κ3) is 8.50. The number of alkyl carbamates (subject to hydrolysis) is 1. The molecule has 5 nitrogen and oxygen atoms in total. The molecule has 0 atom stereocenters. The fourth-order valence-electron chi connectivity index (χ4n) is 1.71. The van der Waals surface area contributed by atoms with E-state index in [9.17, 15) is 4.79 Å². The Bertz CT molecular complexity index is 357. The summed E-state index contributed by atoms with van der Waals surface area (Å²) in [5.41, 5.74) is 4.79. The first-order valence-corrected chi connectivity index (χ1v) is 7.27. The highest BCUT2D eigenvalue weighted by atomic mass is 16.5. The van der Waals surface area contributed by atoms with Crippen LogP contribution in [0.25, 0.3) is 0 Å². The first-order chi connectivity index (χ1) is 9.83. The fraction of sp³-hybridized carbons (Fsp3) is 0.533. The van der Waals surface area contributed by atoms with Gasteiger partial charge in [-0.1, -0.05) is 30.3 Å². The molecule has 0 radical (unpaired) electrons. The predicted molar refractivity (Wildman–Crippen MR) is 79.1 cm³/mol. The van der Waals surface area contributed by atoms with Gasteiger partial charge in [0.25, 0.3) is 0 Å². The molecule has 0 unspecified atom stereocenters. The minimum absolute atomic E-state index is 0.319. The van der Waals surface area contributed by atoms with Crippen LogP contribution in [0.2, 0.25) is 0 Å². The molecule has 1 rings (SSSR count). The molecule has 0 spiro atoms. The van der Waals surface area contributed by atoms with Crippen LogP contribution in [0.3, 0.4) is 0 Å². The molecule has 0 saturated heterocycles. The van der Waals surface area contributed by atoms with Crippen molar-refractivity contribution in [3.05, 3.63) is 35.9 Å². The van der Waals surface area contributed by atoms with E-state index in [1.165, 1.54) is 0 Å². The summed E-state index contributed by atoms with van der Waals surface area (Å²) < 4.78 is 5.12. The van der Waals surface area contributed by atoms with E-state index in [2.05, 4.69) is 16.4 Å². The molecule has 1 aromatic carbocycles. The SMILES string of the molecule is [NH3+]CCCNCCCCNC(=O)OCc1ccccc1. The zero-order valence-corrected chi connectivity index (χ0v) is 12.1. The second-order valence-corrected chi connectivity index (χ2v) is 4.65. The van der Waals surface area contributed by atoms with E-state index in [1.54, 1.807) is 0 Å². The van der Waals surface area contributed by atoms with Crippen molar-refractivity contribution in [3.8, 4) is 0 Å². The highest BCUT2D eigenvalue weighted by Crippen LogP contribution is 2.00. The van der Waals surface area contributed by atoms with E-state index in [0.717, 1.165) is 44.5 Å². The highest BCUT2D eigenvalue weighted by Gasteiger charge is 2.01. The average Bonchev–Trinajstić information content (AvgIpc) is 2.49. The summed E-state index contributed by atoms with van der Waals surface area (Å²) in [5, 5.41) is 6.09. The zero-order chi connectivity index (χ0) is 14.5. The standard InChI is InChI=1S/C15H25N3O2/c16-9-6-11-17-10-4-5-12-18-15(19)20-13-14-7-2-1-3-8-14/h1-3,7-8,17H,4-6,9-13,16H2,(H,18,19)/p+1. The molecule has 0 saturated carbocycles. The second kappa shape index (κ2) is 11.3. The van der Waals surface area contributed by atoms with Gasteiger partial charge in [0.1, 0.15) is 6.61 Å². The third-order valence-corrected chi connectivity index (χ3v) is 2.87. The Morgan fingerprint density at radius 1 is 1.05 bits per heavy atom. The fourth-order valence-corrected chi connectivity index (χ4v) is 1.71. The predicted octanol–water partition coefficient (Wildman–Crippen LogP) is 0.915. The Morgan fingerprint density at radius 3 is 2.50 bits per heavy atom. The summed E-state index contributed by atoms with van der Waals surface area (Å²) in [6.45, 7) is 3.96. The lowest BCUT2D eigenvalue weighted by molar-refractivity contribution is -0.367. The van der Waals surface area contributed by atoms with Gasteiger partial charge < -0.3 is 21.1 Å². The van der Waals surface area contributed by atoms with Gasteiger partial charge in [-0.15, -0.1) is 0 Å². The molecule has 0 aliphatic heterocycles. The monoisotopic (exact) mass is 280 g/mol. The summed E-state index contributed by atoms with van der Waals surface area (Å²) in [7, 11) is 0. The Labute approximate surface area is 120 Å². The second-order valence-electron chi connectivity index (χ2n) is 4.65. The van der Waals surface area contributed by atoms with Crippen molar-refractivity contribution < 1.29 is 15.3 Å². The normalized spacial score (nSPS) is 10.2. The zero-order valence-electron chi connectivity index (χ0n) is 12.1. The minimum Gasteiger partial charge on any atom is -0.445 e. The molecule has 1 aromatic rings. The van der Waals surface area contributed by atoms with Crippen LogP contribution >= 0.6 is 0 Å². The molecule has 0 heterocycles. The summed E-state index contributed by atoms with van der Waals surface area (Å²) in [6.07, 6.45) is 2.77. The summed E-state index contributed by atoms with van der Waals surface area (Å²) in [6, 6.07) is 9.67. The first-order valence-electron chi connectivity index (χ1n) is 7.27. The van der Waals surface area contributed by atoms with E-state index < -0.39 is 0 Å². The number of carbonyl (C=O) groups excluding carboxylic acids is 1. The van der Waals surface area contributed by atoms with Gasteiger partial charge in [-0.25, -0.2) is 4.79 Å². The summed E-state index contributed by atoms with van der Waals surface area (Å²) in [5.74, 6) is 0. The average molecular weight is 280 g/mol. The Kier molecular flexibility index (Phi) is 9.26. The third-order valence-electron chi connectivity index (χ3n) is 2.87. The van der Waals surface area contributed by atoms with Gasteiger partial charge in [-0.05, 0) is 24.9 Å². The van der Waals surface area contributed by atoms with Gasteiger partial charge in [0.15, 0.2) is 0 Å². The van der Waals surface area contributed by atoms with Crippen molar-refractivity contribution in [2.24, 2.45) is 0 Å². The number of hydrogen-bond donors (Lipinski definition) is 3. The quantitative estimate of drug-likeness (QED) is 0.558. The molecule has 0 aliphatic carbocycles. The number of carbonyl (C=O) groups is 1. The molecule has 0 aliphatic rings. The lowest BCUT2D eigenvalue weighted by Crippen LogP contribution is -2.51. The first kappa shape index (κ1) is 16.5. The van der Waals surface area contributed by atoms with Crippen LogP contribution < -0.4 is 16.4 Å². The summed E-state index contributed by atoms with van der Waals surface area (Å²) >= 11 is 0. The number of nitrogens with one attached hydrogen (secondary N) is 2. The van der Waals surface area contributed by atoms with Crippen molar-refractivity contribution in [3.63, 3.8) is 0 Å². The van der Waals surface area contributed by atoms with E-state index in [-0.39, 0.29) is 6.09 Å². The Hall–Kier alpha value is -1.59. The van der Waals surface area contributed by atoms with Crippen molar-refractivity contribution >= 4 is 6.09 Å². The van der Waals surface area contributed by atoms with E-state index in [0.29, 0.717) is 13.2 Å². The van der Waals surface area contributed by atoms with Gasteiger partial charge in [-0.3, -0.25) is 0 Å². The molecule has 0 fully saturated rings. The molecule has 112 valence electrons. The number of amides is 1. The van der Waals surface area contributed by atoms with E-state index >= 15 is 0 Å². The Morgan fingerprint density at radius 2 is 1.75 bits per heavy atom. The van der Waals surface area contributed by atoms with Crippen LogP contribution in [-0.4, -0.2) is 32.3 Å². The lowest BCUT2D eigenvalue weighted by Gasteiger charge is -2.07. The van der Waals surface area contributed by atoms with Gasteiger partial charge in [0.05, 0.1) is 6.54 Å². The summed E-state index contributed by atoms with van der Waals surface area (Å²) in [4.78, 5) is 11.4. The number of unbranched alkanes of at least 4 members (excludes halogenated alkanes) is 1. The molecular formula is C15H26N3O2+. The van der Waals surface area contributed by atoms with Crippen LogP contribution in [-0.2, 0) is 11.3 Å². The number of ether oxygens (including phenoxy) is 1. The maximum absolute atomic E-state index is 11.4. The minimum atomic E-state index is -0.348. The van der Waals surface area contributed by atoms with Crippen LogP contribution in [0.4, 0.5) is 4.79 Å². The topological polar surface area (TPSA) is 78.0 Å². The Balaban J connectivity index is 1.93. The highest BCUT2D eigenvalue weighted by molar-refractivity contribution is 5.67. The molecular weight excluding hydrogens is 254 g/mol. The number of benzene rings is 1. The maximum Gasteiger partial charge on any atom is 0.407 e. The smallest absolute Gasteiger partial charge is 0.407 e. The molecule has 5 N–H and O–H groups in total. The van der Waals surface area contributed by atoms with Crippen LogP contribution in [0.15, 0.2) is 30.3 Å². The van der Waals surface area contributed by atoms with Crippen molar-refractivity contribution in [1.82, 2.24) is 10.6 Å². The van der Waals surface area contributed by atoms with Crippen LogP contribution in [0.1, 0.15) is 24.8 Å². The van der Waals surface area contributed by atoms with Crippen molar-refractivity contribution in [1.29, 1.82) is 0 Å². The van der Waals surface area contributed by atoms with Crippen LogP contribution in [0, 0.1) is 0 Å². The largest absolute Gasteiger partial charge is 0.445 e. The molecule has 5 heteroatoms. The van der Waals surface area contributed by atoms with E-state index in [1.807, 2.05) is 30.3 Å². The van der Waals surface area contributed by atoms with Crippen LogP contribution in [0.5, 0.6) is 0 Å². The van der Waals surface area contributed by atoms with Crippen molar-refractivity contribution in [2.45, 2.75) is 25.9 Å². The number of quaternary nitrogens is 1. The molecule has 0 bridgehead atoms. The molecule has 0 aromatic heterocycles. The molecule has 20 heavy (non-hydrogen) atoms.